The van der Waals surface area contributed by atoms with Crippen molar-refractivity contribution in [2.24, 2.45) is 0 Å². The minimum atomic E-state index is -0.0945. The molecule has 0 fully saturated rings. The summed E-state index contributed by atoms with van der Waals surface area (Å²) in [5.41, 5.74) is 2.44. The summed E-state index contributed by atoms with van der Waals surface area (Å²) in [6.07, 6.45) is 0.367. The van der Waals surface area contributed by atoms with E-state index in [9.17, 15) is 9.90 Å². The highest BCUT2D eigenvalue weighted by Crippen LogP contribution is 2.23. The van der Waals surface area contributed by atoms with Crippen LogP contribution in [0.15, 0.2) is 48.5 Å². The molecule has 2 rings (SSSR count). The quantitative estimate of drug-likeness (QED) is 0.820. The number of para-hydroxylation sites is 1. The summed E-state index contributed by atoms with van der Waals surface area (Å²) >= 11 is 0. The summed E-state index contributed by atoms with van der Waals surface area (Å²) in [4.78, 5) is 14.1. The lowest BCUT2D eigenvalue weighted by atomic mass is 10.1. The van der Waals surface area contributed by atoms with Gasteiger partial charge in [0.05, 0.1) is 13.7 Å². The highest BCUT2D eigenvalue weighted by Gasteiger charge is 2.15. The number of amides is 1. The highest BCUT2D eigenvalue weighted by atomic mass is 16.5. The average molecular weight is 328 g/mol. The van der Waals surface area contributed by atoms with Crippen LogP contribution in [0.3, 0.4) is 0 Å². The van der Waals surface area contributed by atoms with Gasteiger partial charge in [-0.2, -0.15) is 0 Å². The number of benzene rings is 2. The second-order valence-corrected chi connectivity index (χ2v) is 5.72. The second-order valence-electron chi connectivity index (χ2n) is 5.72. The van der Waals surface area contributed by atoms with Crippen molar-refractivity contribution in [1.82, 2.24) is 0 Å². The average Bonchev–Trinajstić information content (AvgIpc) is 2.61. The lowest BCUT2D eigenvalue weighted by Gasteiger charge is -2.21. The first-order chi connectivity index (χ1) is 11.5. The molecule has 0 heterocycles. The van der Waals surface area contributed by atoms with Crippen molar-refractivity contribution >= 4 is 17.3 Å². The molecule has 0 saturated carbocycles. The van der Waals surface area contributed by atoms with Crippen molar-refractivity contribution in [2.75, 3.05) is 24.4 Å². The van der Waals surface area contributed by atoms with Crippen molar-refractivity contribution < 1.29 is 14.6 Å². The summed E-state index contributed by atoms with van der Waals surface area (Å²) in [5, 5.41) is 12.7. The largest absolute Gasteiger partial charge is 0.496 e. The van der Waals surface area contributed by atoms with Crippen molar-refractivity contribution in [2.45, 2.75) is 26.0 Å². The van der Waals surface area contributed by atoms with E-state index >= 15 is 0 Å². The van der Waals surface area contributed by atoms with Gasteiger partial charge in [0.25, 0.3) is 0 Å². The minimum Gasteiger partial charge on any atom is -0.496 e. The van der Waals surface area contributed by atoms with E-state index < -0.39 is 0 Å². The van der Waals surface area contributed by atoms with Crippen LogP contribution in [0.4, 0.5) is 11.4 Å². The third-order valence-electron chi connectivity index (χ3n) is 3.86. The van der Waals surface area contributed by atoms with Gasteiger partial charge in [0, 0.05) is 36.4 Å². The Morgan fingerprint density at radius 1 is 1.25 bits per heavy atom. The lowest BCUT2D eigenvalue weighted by Crippen LogP contribution is -2.31. The molecule has 0 saturated heterocycles. The summed E-state index contributed by atoms with van der Waals surface area (Å²) in [6.45, 7) is 1.86. The maximum absolute atomic E-state index is 12.4. The molecule has 0 aromatic heterocycles. The molecule has 0 aliphatic rings. The number of carbonyl (C=O) groups is 1. The number of methoxy groups -OCH3 is 1. The third kappa shape index (κ3) is 4.49. The van der Waals surface area contributed by atoms with E-state index in [1.165, 1.54) is 0 Å². The Balaban J connectivity index is 1.97. The van der Waals surface area contributed by atoms with Crippen LogP contribution in [-0.2, 0) is 11.4 Å². The Hall–Kier alpha value is -2.53. The summed E-state index contributed by atoms with van der Waals surface area (Å²) in [7, 11) is 3.35. The van der Waals surface area contributed by atoms with Gasteiger partial charge < -0.3 is 20.1 Å². The molecule has 128 valence electrons. The van der Waals surface area contributed by atoms with E-state index in [4.69, 9.17) is 4.74 Å². The molecule has 2 aromatic rings. The van der Waals surface area contributed by atoms with Crippen LogP contribution in [0.2, 0.25) is 0 Å². The molecule has 0 aliphatic heterocycles. The van der Waals surface area contributed by atoms with E-state index in [1.54, 1.807) is 25.1 Å². The molecule has 2 aromatic carbocycles. The molecule has 24 heavy (non-hydrogen) atoms. The van der Waals surface area contributed by atoms with Crippen LogP contribution in [0.25, 0.3) is 0 Å². The van der Waals surface area contributed by atoms with Gasteiger partial charge in [-0.25, -0.2) is 0 Å². The molecular weight excluding hydrogens is 304 g/mol. The summed E-state index contributed by atoms with van der Waals surface area (Å²) in [5.74, 6) is 0.688. The number of nitrogens with one attached hydrogen (secondary N) is 1. The molecule has 0 radical (unpaired) electrons. The Morgan fingerprint density at radius 3 is 2.58 bits per heavy atom. The van der Waals surface area contributed by atoms with Crippen LogP contribution in [-0.4, -0.2) is 31.2 Å². The number of ether oxygens (including phenoxy) is 1. The fourth-order valence-electron chi connectivity index (χ4n) is 2.52. The molecule has 5 nitrogen and oxygen atoms in total. The number of rotatable bonds is 7. The van der Waals surface area contributed by atoms with Gasteiger partial charge >= 0.3 is 0 Å². The van der Waals surface area contributed by atoms with Gasteiger partial charge in [0.1, 0.15) is 5.75 Å². The fourth-order valence-corrected chi connectivity index (χ4v) is 2.52. The Bertz CT molecular complexity index is 674. The predicted molar refractivity (Wildman–Crippen MR) is 96.5 cm³/mol. The van der Waals surface area contributed by atoms with Gasteiger partial charge in [-0.05, 0) is 37.3 Å². The smallest absolute Gasteiger partial charge is 0.228 e. The van der Waals surface area contributed by atoms with Crippen LogP contribution in [0.5, 0.6) is 5.75 Å². The molecule has 0 aliphatic carbocycles. The molecule has 5 heteroatoms. The standard InChI is InChI=1S/C19H24N2O3/c1-14(11-19(23)21(2)17-7-5-4-6-8-17)20-16-9-10-18(24-3)15(12-16)13-22/h4-10,12,14,20,22H,11,13H2,1-3H3. The van der Waals surface area contributed by atoms with Gasteiger partial charge in [-0.15, -0.1) is 0 Å². The van der Waals surface area contributed by atoms with Gasteiger partial charge in [-0.1, -0.05) is 18.2 Å². The van der Waals surface area contributed by atoms with Crippen molar-refractivity contribution in [3.8, 4) is 5.75 Å². The van der Waals surface area contributed by atoms with Crippen LogP contribution < -0.4 is 15.0 Å². The Labute approximate surface area is 142 Å². The number of aliphatic hydroxyl groups is 1. The SMILES string of the molecule is COc1ccc(NC(C)CC(=O)N(C)c2ccccc2)cc1CO. The first kappa shape index (κ1) is 17.8. The number of hydrogen-bond acceptors (Lipinski definition) is 4. The molecule has 1 amide bonds. The Kier molecular flexibility index (Phi) is 6.21. The lowest BCUT2D eigenvalue weighted by molar-refractivity contribution is -0.118. The fraction of sp³-hybridized carbons (Fsp3) is 0.316. The van der Waals surface area contributed by atoms with Crippen molar-refractivity contribution in [3.63, 3.8) is 0 Å². The Morgan fingerprint density at radius 2 is 1.96 bits per heavy atom. The molecular formula is C19H24N2O3. The van der Waals surface area contributed by atoms with E-state index in [0.717, 1.165) is 11.4 Å². The maximum Gasteiger partial charge on any atom is 0.228 e. The van der Waals surface area contributed by atoms with Crippen LogP contribution in [0.1, 0.15) is 18.9 Å². The second kappa shape index (κ2) is 8.36. The zero-order valence-electron chi connectivity index (χ0n) is 14.3. The van der Waals surface area contributed by atoms with Crippen molar-refractivity contribution in [3.05, 3.63) is 54.1 Å². The topological polar surface area (TPSA) is 61.8 Å². The molecule has 0 spiro atoms. The zero-order valence-corrected chi connectivity index (χ0v) is 14.3. The number of aliphatic hydroxyl groups excluding tert-OH is 1. The number of anilines is 2. The first-order valence-corrected chi connectivity index (χ1v) is 7.91. The van der Waals surface area contributed by atoms with Crippen LogP contribution in [0, 0.1) is 0 Å². The van der Waals surface area contributed by atoms with E-state index in [0.29, 0.717) is 17.7 Å². The summed E-state index contributed by atoms with van der Waals surface area (Å²) in [6, 6.07) is 15.0. The van der Waals surface area contributed by atoms with E-state index in [1.807, 2.05) is 49.4 Å². The summed E-state index contributed by atoms with van der Waals surface area (Å²) < 4.78 is 5.19. The number of nitrogens with zero attached hydrogens (tertiary/aromatic N) is 1. The minimum absolute atomic E-state index is 0.0383. The van der Waals surface area contributed by atoms with Crippen LogP contribution >= 0.6 is 0 Å². The van der Waals surface area contributed by atoms with E-state index in [-0.39, 0.29) is 18.6 Å². The molecule has 1 unspecified atom stereocenters. The molecule has 1 atom stereocenters. The molecule has 0 bridgehead atoms. The number of carbonyl (C=O) groups excluding carboxylic acids is 1. The first-order valence-electron chi connectivity index (χ1n) is 7.91. The maximum atomic E-state index is 12.4. The van der Waals surface area contributed by atoms with Gasteiger partial charge in [0.2, 0.25) is 5.91 Å². The zero-order chi connectivity index (χ0) is 17.5. The third-order valence-corrected chi connectivity index (χ3v) is 3.86. The monoisotopic (exact) mass is 328 g/mol. The normalized spacial score (nSPS) is 11.7. The number of hydrogen-bond donors (Lipinski definition) is 2. The molecule has 2 N–H and O–H groups in total. The van der Waals surface area contributed by atoms with Crippen molar-refractivity contribution in [1.29, 1.82) is 0 Å². The van der Waals surface area contributed by atoms with E-state index in [2.05, 4.69) is 5.32 Å². The predicted octanol–water partition coefficient (Wildman–Crippen LogP) is 3.04. The van der Waals surface area contributed by atoms with Gasteiger partial charge in [0.15, 0.2) is 0 Å². The highest BCUT2D eigenvalue weighted by molar-refractivity contribution is 5.93. The van der Waals surface area contributed by atoms with Gasteiger partial charge in [-0.3, -0.25) is 4.79 Å².